The molecule has 4 aromatic carbocycles. The summed E-state index contributed by atoms with van der Waals surface area (Å²) < 4.78 is 2.05. The Kier molecular flexibility index (Phi) is 5.14. The number of fused-ring (bicyclic) bond motifs is 3. The van der Waals surface area contributed by atoms with Gasteiger partial charge in [0.15, 0.2) is 11.0 Å². The lowest BCUT2D eigenvalue weighted by Crippen LogP contribution is -2.30. The summed E-state index contributed by atoms with van der Waals surface area (Å²) in [5, 5.41) is 9.71. The Bertz CT molecular complexity index is 1400. The maximum absolute atomic E-state index is 12.4. The number of aromatic nitrogens is 2. The number of nitrogens with zero attached hydrogens (tertiary/aromatic N) is 2. The Hall–Kier alpha value is -3.64. The molecule has 0 saturated carbocycles. The van der Waals surface area contributed by atoms with Crippen LogP contribution in [-0.4, -0.2) is 22.9 Å². The van der Waals surface area contributed by atoms with Gasteiger partial charge in [0.1, 0.15) is 0 Å². The van der Waals surface area contributed by atoms with Gasteiger partial charge in [-0.2, -0.15) is 5.10 Å². The molecule has 6 heteroatoms. The second-order valence-corrected chi connectivity index (χ2v) is 8.28. The molecule has 1 heterocycles. The molecular weight excluding hydrogens is 404 g/mol. The van der Waals surface area contributed by atoms with Gasteiger partial charge in [-0.15, -0.1) is 0 Å². The summed E-state index contributed by atoms with van der Waals surface area (Å²) in [6, 6.07) is 26.7. The minimum absolute atomic E-state index is 0.149. The molecule has 2 N–H and O–H groups in total. The van der Waals surface area contributed by atoms with Gasteiger partial charge in [-0.3, -0.25) is 4.79 Å². The van der Waals surface area contributed by atoms with E-state index in [2.05, 4.69) is 56.5 Å². The number of carbonyl (C=O) groups is 1. The minimum atomic E-state index is -0.149. The summed E-state index contributed by atoms with van der Waals surface area (Å²) in [7, 11) is 1.99. The van der Waals surface area contributed by atoms with Crippen molar-refractivity contribution < 1.29 is 9.36 Å². The SMILES string of the molecule is C[n+]1c(SCC(=O)NN=Cc2c3ccccc3cc3ccccc23)[nH]c2ccccc21. The van der Waals surface area contributed by atoms with Crippen molar-refractivity contribution in [3.8, 4) is 0 Å². The molecule has 0 bridgehead atoms. The number of thioether (sulfide) groups is 1. The molecule has 0 spiro atoms. The van der Waals surface area contributed by atoms with Gasteiger partial charge in [0.2, 0.25) is 0 Å². The van der Waals surface area contributed by atoms with Gasteiger partial charge in [0.05, 0.1) is 19.0 Å². The summed E-state index contributed by atoms with van der Waals surface area (Å²) in [6.45, 7) is 0. The highest BCUT2D eigenvalue weighted by atomic mass is 32.2. The fraction of sp³-hybridized carbons (Fsp3) is 0.0800. The van der Waals surface area contributed by atoms with Crippen LogP contribution in [0.5, 0.6) is 0 Å². The minimum Gasteiger partial charge on any atom is -0.272 e. The predicted molar refractivity (Wildman–Crippen MR) is 127 cm³/mol. The van der Waals surface area contributed by atoms with Gasteiger partial charge in [-0.25, -0.2) is 15.0 Å². The van der Waals surface area contributed by atoms with E-state index in [0.717, 1.165) is 43.3 Å². The molecule has 1 aromatic heterocycles. The number of imidazole rings is 1. The molecule has 1 amide bonds. The van der Waals surface area contributed by atoms with Crippen LogP contribution in [0.3, 0.4) is 0 Å². The van der Waals surface area contributed by atoms with E-state index in [1.807, 2.05) is 49.5 Å². The zero-order chi connectivity index (χ0) is 21.2. The molecule has 0 aliphatic rings. The van der Waals surface area contributed by atoms with Gasteiger partial charge in [-0.1, -0.05) is 60.7 Å². The van der Waals surface area contributed by atoms with Crippen LogP contribution >= 0.6 is 11.8 Å². The Morgan fingerprint density at radius 3 is 2.35 bits per heavy atom. The Morgan fingerprint density at radius 2 is 1.65 bits per heavy atom. The van der Waals surface area contributed by atoms with E-state index in [0.29, 0.717) is 0 Å². The van der Waals surface area contributed by atoms with Crippen molar-refractivity contribution >= 4 is 56.5 Å². The number of hydrogen-bond acceptors (Lipinski definition) is 3. The van der Waals surface area contributed by atoms with Crippen molar-refractivity contribution in [2.75, 3.05) is 5.75 Å². The zero-order valence-corrected chi connectivity index (χ0v) is 17.8. The quantitative estimate of drug-likeness (QED) is 0.143. The number of para-hydroxylation sites is 2. The standard InChI is InChI=1S/C25H20N4OS/c1-29-23-13-7-6-12-22(23)27-25(29)31-16-24(30)28-26-15-21-19-10-4-2-8-17(19)14-18-9-3-5-11-20(18)21/h2-15H,16H2,1H3,(H,28,30)/p+1. The zero-order valence-electron chi connectivity index (χ0n) is 17.0. The first-order valence-electron chi connectivity index (χ1n) is 10.0. The molecule has 0 saturated heterocycles. The van der Waals surface area contributed by atoms with E-state index in [-0.39, 0.29) is 11.7 Å². The summed E-state index contributed by atoms with van der Waals surface area (Å²) in [5.41, 5.74) is 5.83. The third-order valence-corrected chi connectivity index (χ3v) is 6.40. The van der Waals surface area contributed by atoms with Crippen molar-refractivity contribution in [1.82, 2.24) is 10.4 Å². The highest BCUT2D eigenvalue weighted by Gasteiger charge is 2.16. The van der Waals surface area contributed by atoms with Gasteiger partial charge >= 0.3 is 5.16 Å². The third kappa shape index (κ3) is 3.78. The molecule has 31 heavy (non-hydrogen) atoms. The Labute approximate surface area is 183 Å². The molecule has 0 aliphatic carbocycles. The van der Waals surface area contributed by atoms with Crippen LogP contribution in [0.15, 0.2) is 89.1 Å². The predicted octanol–water partition coefficient (Wildman–Crippen LogP) is 4.54. The fourth-order valence-electron chi connectivity index (χ4n) is 3.84. The molecule has 0 fully saturated rings. The van der Waals surface area contributed by atoms with Crippen LogP contribution in [0.4, 0.5) is 0 Å². The molecule has 0 unspecified atom stereocenters. The van der Waals surface area contributed by atoms with Gasteiger partial charge in [-0.05, 0) is 51.5 Å². The second kappa shape index (κ2) is 8.24. The number of aryl methyl sites for hydroxylation is 1. The van der Waals surface area contributed by atoms with E-state index in [1.165, 1.54) is 11.8 Å². The molecule has 5 rings (SSSR count). The van der Waals surface area contributed by atoms with Crippen molar-refractivity contribution in [3.63, 3.8) is 0 Å². The van der Waals surface area contributed by atoms with Crippen LogP contribution in [0.2, 0.25) is 0 Å². The van der Waals surface area contributed by atoms with Gasteiger partial charge < -0.3 is 0 Å². The molecule has 0 radical (unpaired) electrons. The van der Waals surface area contributed by atoms with E-state index in [1.54, 1.807) is 6.21 Å². The number of hydrogen-bond donors (Lipinski definition) is 2. The number of rotatable bonds is 5. The van der Waals surface area contributed by atoms with Crippen LogP contribution < -0.4 is 9.99 Å². The third-order valence-electron chi connectivity index (χ3n) is 5.35. The van der Waals surface area contributed by atoms with Crippen molar-refractivity contribution in [2.45, 2.75) is 5.16 Å². The maximum Gasteiger partial charge on any atom is 0.317 e. The maximum atomic E-state index is 12.4. The molecule has 0 aliphatic heterocycles. The van der Waals surface area contributed by atoms with E-state index >= 15 is 0 Å². The number of carbonyl (C=O) groups excluding carboxylic acids is 1. The first-order valence-corrected chi connectivity index (χ1v) is 11.0. The summed E-state index contributed by atoms with van der Waals surface area (Å²) in [4.78, 5) is 15.7. The number of amides is 1. The normalized spacial score (nSPS) is 11.6. The van der Waals surface area contributed by atoms with Gasteiger partial charge in [0, 0.05) is 5.56 Å². The number of aromatic amines is 1. The van der Waals surface area contributed by atoms with Crippen LogP contribution in [-0.2, 0) is 11.8 Å². The first kappa shape index (κ1) is 19.3. The fourth-order valence-corrected chi connectivity index (χ4v) is 4.64. The van der Waals surface area contributed by atoms with E-state index in [9.17, 15) is 4.79 Å². The van der Waals surface area contributed by atoms with Crippen molar-refractivity contribution in [3.05, 3.63) is 84.4 Å². The topological polar surface area (TPSA) is 61.1 Å². The second-order valence-electron chi connectivity index (χ2n) is 7.32. The Balaban J connectivity index is 1.33. The average Bonchev–Trinajstić information content (AvgIpc) is 3.13. The highest BCUT2D eigenvalue weighted by Crippen LogP contribution is 2.27. The lowest BCUT2D eigenvalue weighted by molar-refractivity contribution is -0.683. The summed E-state index contributed by atoms with van der Waals surface area (Å²) in [5.74, 6) is 0.123. The van der Waals surface area contributed by atoms with Crippen LogP contribution in [0.25, 0.3) is 32.6 Å². The van der Waals surface area contributed by atoms with Crippen molar-refractivity contribution in [1.29, 1.82) is 0 Å². The molecular formula is C25H21N4OS+. The van der Waals surface area contributed by atoms with Crippen molar-refractivity contribution in [2.24, 2.45) is 12.1 Å². The lowest BCUT2D eigenvalue weighted by Gasteiger charge is -2.07. The lowest BCUT2D eigenvalue weighted by atomic mass is 9.97. The van der Waals surface area contributed by atoms with Gasteiger partial charge in [0.25, 0.3) is 5.91 Å². The highest BCUT2D eigenvalue weighted by molar-refractivity contribution is 7.99. The molecule has 0 atom stereocenters. The summed E-state index contributed by atoms with van der Waals surface area (Å²) >= 11 is 1.45. The number of H-pyrrole nitrogens is 1. The molecule has 5 nitrogen and oxygen atoms in total. The molecule has 152 valence electrons. The van der Waals surface area contributed by atoms with Crippen LogP contribution in [0, 0.1) is 0 Å². The van der Waals surface area contributed by atoms with Crippen LogP contribution in [0.1, 0.15) is 5.56 Å². The average molecular weight is 426 g/mol. The summed E-state index contributed by atoms with van der Waals surface area (Å²) in [6.07, 6.45) is 1.75. The van der Waals surface area contributed by atoms with E-state index < -0.39 is 0 Å². The smallest absolute Gasteiger partial charge is 0.272 e. The molecule has 5 aromatic rings. The Morgan fingerprint density at radius 1 is 1.00 bits per heavy atom. The number of nitrogens with one attached hydrogen (secondary N) is 2. The number of hydrazone groups is 1. The number of benzene rings is 4. The largest absolute Gasteiger partial charge is 0.317 e. The van der Waals surface area contributed by atoms with E-state index in [4.69, 9.17) is 0 Å². The first-order chi connectivity index (χ1) is 15.2. The monoisotopic (exact) mass is 425 g/mol.